The molecule has 3 aromatic heterocycles. The van der Waals surface area contributed by atoms with Crippen LogP contribution in [0.15, 0.2) is 142 Å². The summed E-state index contributed by atoms with van der Waals surface area (Å²) < 4.78 is 14.9. The minimum Gasteiger partial charge on any atom is -0.456 e. The van der Waals surface area contributed by atoms with Gasteiger partial charge in [-0.15, -0.1) is 11.3 Å². The Hall–Kier alpha value is -5.39. The standard InChI is InChI=1S/C37H22N2O2S/c1-3-10-23(11-4-1)37-38-30-22-35-29(21-34(30)41-37)28-15-9-16-31(36(28)42-35)39(24-12-5-2-6-13-24)25-18-19-27-26-14-7-8-17-32(26)40-33(27)20-25/h1-22H. The predicted molar refractivity (Wildman–Crippen MR) is 174 cm³/mol. The van der Waals surface area contributed by atoms with Gasteiger partial charge in [-0.3, -0.25) is 0 Å². The number of fused-ring (bicyclic) bond motifs is 7. The third-order valence-corrected chi connectivity index (χ3v) is 9.07. The topological polar surface area (TPSA) is 42.4 Å². The summed E-state index contributed by atoms with van der Waals surface area (Å²) >= 11 is 1.79. The van der Waals surface area contributed by atoms with Gasteiger partial charge < -0.3 is 13.7 Å². The van der Waals surface area contributed by atoms with Crippen LogP contribution in [-0.2, 0) is 0 Å². The highest BCUT2D eigenvalue weighted by Gasteiger charge is 2.20. The van der Waals surface area contributed by atoms with Gasteiger partial charge in [0.2, 0.25) is 5.89 Å². The molecular weight excluding hydrogens is 536 g/mol. The lowest BCUT2D eigenvalue weighted by molar-refractivity contribution is 0.620. The smallest absolute Gasteiger partial charge is 0.227 e. The van der Waals surface area contributed by atoms with Crippen molar-refractivity contribution in [2.45, 2.75) is 0 Å². The lowest BCUT2D eigenvalue weighted by Crippen LogP contribution is -2.09. The number of thiophene rings is 1. The van der Waals surface area contributed by atoms with Crippen LogP contribution in [0.1, 0.15) is 0 Å². The van der Waals surface area contributed by atoms with Gasteiger partial charge in [0.15, 0.2) is 5.58 Å². The SMILES string of the molecule is c1ccc(-c2nc3cc4sc5c(N(c6ccccc6)c6ccc7c(c6)oc6ccccc67)cccc5c4cc3o2)cc1. The Morgan fingerprint density at radius 3 is 2.17 bits per heavy atom. The number of benzene rings is 6. The van der Waals surface area contributed by atoms with Crippen LogP contribution < -0.4 is 4.90 Å². The molecule has 0 saturated heterocycles. The molecule has 4 nitrogen and oxygen atoms in total. The first kappa shape index (κ1) is 23.3. The summed E-state index contributed by atoms with van der Waals surface area (Å²) in [5.74, 6) is 0.643. The Bertz CT molecular complexity index is 2420. The molecule has 0 spiro atoms. The molecule has 0 aliphatic carbocycles. The molecule has 0 amide bonds. The Kier molecular flexibility index (Phi) is 5.03. The van der Waals surface area contributed by atoms with E-state index in [0.717, 1.165) is 55.7 Å². The first-order chi connectivity index (χ1) is 20.8. The largest absolute Gasteiger partial charge is 0.456 e. The van der Waals surface area contributed by atoms with Crippen LogP contribution >= 0.6 is 11.3 Å². The fourth-order valence-electron chi connectivity index (χ4n) is 5.94. The number of hydrogen-bond donors (Lipinski definition) is 0. The van der Waals surface area contributed by atoms with Gasteiger partial charge in [0.1, 0.15) is 16.7 Å². The molecule has 9 aromatic rings. The molecule has 0 fully saturated rings. The average molecular weight is 559 g/mol. The summed E-state index contributed by atoms with van der Waals surface area (Å²) in [7, 11) is 0. The van der Waals surface area contributed by atoms with Crippen LogP contribution in [0.3, 0.4) is 0 Å². The van der Waals surface area contributed by atoms with Crippen LogP contribution in [-0.4, -0.2) is 4.98 Å². The number of furan rings is 1. The zero-order valence-corrected chi connectivity index (χ0v) is 23.1. The van der Waals surface area contributed by atoms with E-state index in [2.05, 4.69) is 95.9 Å². The van der Waals surface area contributed by atoms with Crippen molar-refractivity contribution in [3.8, 4) is 11.5 Å². The number of oxazole rings is 1. The van der Waals surface area contributed by atoms with Crippen LogP contribution in [0, 0.1) is 0 Å². The molecular formula is C37H22N2O2S. The first-order valence-electron chi connectivity index (χ1n) is 13.9. The molecule has 0 N–H and O–H groups in total. The maximum Gasteiger partial charge on any atom is 0.227 e. The van der Waals surface area contributed by atoms with E-state index in [-0.39, 0.29) is 0 Å². The second-order valence-electron chi connectivity index (χ2n) is 10.4. The first-order valence-corrected chi connectivity index (χ1v) is 14.7. The van der Waals surface area contributed by atoms with Crippen LogP contribution in [0.25, 0.3) is 64.7 Å². The summed E-state index contributed by atoms with van der Waals surface area (Å²) in [6.07, 6.45) is 0. The van der Waals surface area contributed by atoms with Gasteiger partial charge in [0, 0.05) is 49.2 Å². The van der Waals surface area contributed by atoms with E-state index in [1.54, 1.807) is 11.3 Å². The van der Waals surface area contributed by atoms with Crippen molar-refractivity contribution < 1.29 is 8.83 Å². The minimum absolute atomic E-state index is 0.643. The highest BCUT2D eigenvalue weighted by Crippen LogP contribution is 2.46. The maximum absolute atomic E-state index is 6.29. The monoisotopic (exact) mass is 558 g/mol. The van der Waals surface area contributed by atoms with Crippen molar-refractivity contribution >= 4 is 81.6 Å². The van der Waals surface area contributed by atoms with Crippen molar-refractivity contribution in [3.63, 3.8) is 0 Å². The van der Waals surface area contributed by atoms with E-state index in [1.807, 2.05) is 42.5 Å². The number of nitrogens with zero attached hydrogens (tertiary/aromatic N) is 2. The van der Waals surface area contributed by atoms with Crippen LogP contribution in [0.5, 0.6) is 0 Å². The molecule has 0 saturated carbocycles. The molecule has 0 unspecified atom stereocenters. The Labute approximate surface area is 244 Å². The van der Waals surface area contributed by atoms with Crippen molar-refractivity contribution in [1.29, 1.82) is 0 Å². The Morgan fingerprint density at radius 2 is 1.29 bits per heavy atom. The summed E-state index contributed by atoms with van der Waals surface area (Å²) in [4.78, 5) is 7.14. The van der Waals surface area contributed by atoms with Gasteiger partial charge in [-0.25, -0.2) is 4.98 Å². The zero-order chi connectivity index (χ0) is 27.6. The van der Waals surface area contributed by atoms with Crippen molar-refractivity contribution in [1.82, 2.24) is 4.98 Å². The van der Waals surface area contributed by atoms with Crippen molar-refractivity contribution in [3.05, 3.63) is 133 Å². The number of para-hydroxylation sites is 2. The molecule has 0 radical (unpaired) electrons. The molecule has 0 atom stereocenters. The Morgan fingerprint density at radius 1 is 0.524 bits per heavy atom. The van der Waals surface area contributed by atoms with Crippen LogP contribution in [0.4, 0.5) is 17.1 Å². The molecule has 0 aliphatic rings. The van der Waals surface area contributed by atoms with Crippen molar-refractivity contribution in [2.75, 3.05) is 4.90 Å². The number of anilines is 3. The van der Waals surface area contributed by atoms with E-state index >= 15 is 0 Å². The Balaban J connectivity index is 1.25. The fourth-order valence-corrected chi connectivity index (χ4v) is 7.16. The van der Waals surface area contributed by atoms with Gasteiger partial charge >= 0.3 is 0 Å². The fraction of sp³-hybridized carbons (Fsp3) is 0. The predicted octanol–water partition coefficient (Wildman–Crippen LogP) is 11.2. The second-order valence-corrected chi connectivity index (χ2v) is 11.5. The quantitative estimate of drug-likeness (QED) is 0.215. The lowest BCUT2D eigenvalue weighted by Gasteiger charge is -2.26. The van der Waals surface area contributed by atoms with Gasteiger partial charge in [0.05, 0.1) is 10.4 Å². The van der Waals surface area contributed by atoms with Crippen molar-refractivity contribution in [2.24, 2.45) is 0 Å². The summed E-state index contributed by atoms with van der Waals surface area (Å²) in [5.41, 5.74) is 7.65. The maximum atomic E-state index is 6.29. The third kappa shape index (κ3) is 3.57. The lowest BCUT2D eigenvalue weighted by atomic mass is 10.1. The van der Waals surface area contributed by atoms with E-state index in [0.29, 0.717) is 5.89 Å². The highest BCUT2D eigenvalue weighted by atomic mass is 32.1. The molecule has 0 aliphatic heterocycles. The number of rotatable bonds is 4. The van der Waals surface area contributed by atoms with Gasteiger partial charge in [0.25, 0.3) is 0 Å². The number of hydrogen-bond acceptors (Lipinski definition) is 5. The number of aromatic nitrogens is 1. The van der Waals surface area contributed by atoms with Gasteiger partial charge in [-0.1, -0.05) is 66.7 Å². The van der Waals surface area contributed by atoms with Gasteiger partial charge in [-0.2, -0.15) is 0 Å². The highest BCUT2D eigenvalue weighted by molar-refractivity contribution is 7.26. The summed E-state index contributed by atoms with van der Waals surface area (Å²) in [6.45, 7) is 0. The molecule has 9 rings (SSSR count). The molecule has 198 valence electrons. The molecule has 3 heterocycles. The average Bonchev–Trinajstić information content (AvgIpc) is 3.74. The molecule has 0 bridgehead atoms. The molecule has 42 heavy (non-hydrogen) atoms. The second kappa shape index (κ2) is 9.06. The van der Waals surface area contributed by atoms with E-state index < -0.39 is 0 Å². The molecule has 5 heteroatoms. The van der Waals surface area contributed by atoms with E-state index in [9.17, 15) is 0 Å². The van der Waals surface area contributed by atoms with E-state index in [1.165, 1.54) is 20.2 Å². The molecule has 6 aromatic carbocycles. The minimum atomic E-state index is 0.643. The van der Waals surface area contributed by atoms with E-state index in [4.69, 9.17) is 13.8 Å². The zero-order valence-electron chi connectivity index (χ0n) is 22.3. The summed E-state index contributed by atoms with van der Waals surface area (Å²) in [6, 6.07) is 46.1. The van der Waals surface area contributed by atoms with Gasteiger partial charge in [-0.05, 0) is 60.7 Å². The third-order valence-electron chi connectivity index (χ3n) is 7.88. The normalized spacial score (nSPS) is 11.8. The van der Waals surface area contributed by atoms with Crippen LogP contribution in [0.2, 0.25) is 0 Å². The summed E-state index contributed by atoms with van der Waals surface area (Å²) in [5, 5.41) is 4.61.